The first-order valence-electron chi connectivity index (χ1n) is 9.54. The average Bonchev–Trinajstić information content (AvgIpc) is 3.13. The van der Waals surface area contributed by atoms with Gasteiger partial charge in [-0.25, -0.2) is 0 Å². The molecule has 1 aliphatic heterocycles. The molecule has 4 rings (SSSR count). The normalized spacial score (nSPS) is 20.6. The predicted octanol–water partition coefficient (Wildman–Crippen LogP) is 2.92. The lowest BCUT2D eigenvalue weighted by atomic mass is 9.90. The van der Waals surface area contributed by atoms with Crippen molar-refractivity contribution in [1.82, 2.24) is 14.7 Å². The molecule has 1 aliphatic carbocycles. The summed E-state index contributed by atoms with van der Waals surface area (Å²) in [7, 11) is 1.78. The number of rotatable bonds is 3. The number of hydrogen-bond acceptors (Lipinski definition) is 3. The molecule has 6 nitrogen and oxygen atoms in total. The van der Waals surface area contributed by atoms with E-state index in [2.05, 4.69) is 16.5 Å². The molecular formula is C21H26N4O2. The van der Waals surface area contributed by atoms with Gasteiger partial charge in [0, 0.05) is 37.9 Å². The smallest absolute Gasteiger partial charge is 0.272 e. The zero-order chi connectivity index (χ0) is 19.2. The monoisotopic (exact) mass is 366 g/mol. The lowest BCUT2D eigenvalue weighted by molar-refractivity contribution is -0.118. The molecule has 142 valence electrons. The molecule has 2 aliphatic rings. The Bertz CT molecular complexity index is 873. The van der Waals surface area contributed by atoms with Crippen molar-refractivity contribution >= 4 is 17.5 Å². The van der Waals surface area contributed by atoms with Gasteiger partial charge >= 0.3 is 0 Å². The third kappa shape index (κ3) is 3.36. The van der Waals surface area contributed by atoms with Crippen LogP contribution in [0.1, 0.15) is 40.9 Å². The Morgan fingerprint density at radius 3 is 2.41 bits per heavy atom. The number of hydrogen-bond donors (Lipinski definition) is 1. The quantitative estimate of drug-likeness (QED) is 0.908. The number of carbonyl (C=O) groups is 2. The van der Waals surface area contributed by atoms with Crippen molar-refractivity contribution in [2.75, 3.05) is 18.4 Å². The van der Waals surface area contributed by atoms with Crippen molar-refractivity contribution < 1.29 is 9.59 Å². The van der Waals surface area contributed by atoms with Crippen molar-refractivity contribution in [3.8, 4) is 0 Å². The maximum Gasteiger partial charge on any atom is 0.272 e. The summed E-state index contributed by atoms with van der Waals surface area (Å²) in [4.78, 5) is 27.2. The Balaban J connectivity index is 1.35. The highest BCUT2D eigenvalue weighted by atomic mass is 16.2. The Morgan fingerprint density at radius 2 is 1.81 bits per heavy atom. The maximum atomic E-state index is 12.7. The van der Waals surface area contributed by atoms with Crippen LogP contribution in [-0.4, -0.2) is 39.6 Å². The first-order chi connectivity index (χ1) is 12.9. The standard InChI is InChI=1S/C21H26N4O2/c1-14-10-15(2)12-16(11-14)23-19(26)17-13-21(17)5-8-25(9-6-21)20(27)18-4-7-22-24(18)3/h4,7,10-12,17H,5-6,8-9,13H2,1-3H3,(H,23,26). The van der Waals surface area contributed by atoms with Crippen LogP contribution in [-0.2, 0) is 11.8 Å². The van der Waals surface area contributed by atoms with Gasteiger partial charge < -0.3 is 10.2 Å². The summed E-state index contributed by atoms with van der Waals surface area (Å²) < 4.78 is 1.61. The highest BCUT2D eigenvalue weighted by Crippen LogP contribution is 2.59. The SMILES string of the molecule is Cc1cc(C)cc(NC(=O)C2CC23CCN(C(=O)c2ccnn2C)CC3)c1. The van der Waals surface area contributed by atoms with Crippen molar-refractivity contribution in [2.45, 2.75) is 33.1 Å². The van der Waals surface area contributed by atoms with Gasteiger partial charge in [0.2, 0.25) is 5.91 Å². The summed E-state index contributed by atoms with van der Waals surface area (Å²) in [5.74, 6) is 0.209. The van der Waals surface area contributed by atoms with Gasteiger partial charge in [0.15, 0.2) is 0 Å². The molecule has 0 bridgehead atoms. The van der Waals surface area contributed by atoms with Gasteiger partial charge in [-0.1, -0.05) is 6.07 Å². The molecule has 1 N–H and O–H groups in total. The minimum Gasteiger partial charge on any atom is -0.337 e. The van der Waals surface area contributed by atoms with E-state index >= 15 is 0 Å². The second-order valence-corrected chi connectivity index (χ2v) is 8.12. The number of aromatic nitrogens is 2. The molecule has 2 fully saturated rings. The topological polar surface area (TPSA) is 67.2 Å². The minimum atomic E-state index is 0.0294. The molecule has 1 unspecified atom stereocenters. The maximum absolute atomic E-state index is 12.7. The molecular weight excluding hydrogens is 340 g/mol. The minimum absolute atomic E-state index is 0.0294. The number of anilines is 1. The molecule has 2 heterocycles. The van der Waals surface area contributed by atoms with E-state index in [1.807, 2.05) is 30.9 Å². The lowest BCUT2D eigenvalue weighted by Gasteiger charge is -2.32. The Morgan fingerprint density at radius 1 is 1.15 bits per heavy atom. The molecule has 0 radical (unpaired) electrons. The zero-order valence-corrected chi connectivity index (χ0v) is 16.2. The van der Waals surface area contributed by atoms with Gasteiger partial charge in [0.05, 0.1) is 0 Å². The van der Waals surface area contributed by atoms with E-state index in [-0.39, 0.29) is 23.1 Å². The molecule has 1 saturated carbocycles. The van der Waals surface area contributed by atoms with Crippen molar-refractivity contribution in [1.29, 1.82) is 0 Å². The van der Waals surface area contributed by atoms with Gasteiger partial charge in [0.25, 0.3) is 5.91 Å². The number of nitrogens with one attached hydrogen (secondary N) is 1. The number of nitrogens with zero attached hydrogens (tertiary/aromatic N) is 3. The predicted molar refractivity (Wildman–Crippen MR) is 103 cm³/mol. The lowest BCUT2D eigenvalue weighted by Crippen LogP contribution is -2.40. The first kappa shape index (κ1) is 17.8. The van der Waals surface area contributed by atoms with Crippen LogP contribution in [0.15, 0.2) is 30.5 Å². The molecule has 27 heavy (non-hydrogen) atoms. The highest BCUT2D eigenvalue weighted by Gasteiger charge is 2.58. The number of benzene rings is 1. The highest BCUT2D eigenvalue weighted by molar-refractivity contribution is 5.95. The van der Waals surface area contributed by atoms with Gasteiger partial charge in [-0.3, -0.25) is 14.3 Å². The van der Waals surface area contributed by atoms with Crippen molar-refractivity contribution in [3.05, 3.63) is 47.3 Å². The third-order valence-electron chi connectivity index (χ3n) is 6.08. The van der Waals surface area contributed by atoms with Gasteiger partial charge in [0.1, 0.15) is 5.69 Å². The van der Waals surface area contributed by atoms with Crippen LogP contribution in [0.25, 0.3) is 0 Å². The molecule has 6 heteroatoms. The summed E-state index contributed by atoms with van der Waals surface area (Å²) in [6, 6.07) is 7.87. The molecule has 1 saturated heterocycles. The number of piperidine rings is 1. The number of amides is 2. The molecule has 1 spiro atoms. The Hall–Kier alpha value is -2.63. The molecule has 1 aromatic carbocycles. The van der Waals surface area contributed by atoms with E-state index in [1.54, 1.807) is 24.0 Å². The molecule has 2 amide bonds. The van der Waals surface area contributed by atoms with Gasteiger partial charge in [-0.2, -0.15) is 5.10 Å². The average molecular weight is 366 g/mol. The van der Waals surface area contributed by atoms with E-state index < -0.39 is 0 Å². The fourth-order valence-corrected chi connectivity index (χ4v) is 4.45. The molecule has 2 aromatic rings. The van der Waals surface area contributed by atoms with Crippen molar-refractivity contribution in [3.63, 3.8) is 0 Å². The van der Waals surface area contributed by atoms with E-state index in [0.717, 1.165) is 36.1 Å². The first-order valence-corrected chi connectivity index (χ1v) is 9.54. The van der Waals surface area contributed by atoms with Crippen LogP contribution in [0.4, 0.5) is 5.69 Å². The van der Waals surface area contributed by atoms with Crippen LogP contribution in [0, 0.1) is 25.2 Å². The summed E-state index contributed by atoms with van der Waals surface area (Å²) >= 11 is 0. The van der Waals surface area contributed by atoms with Crippen LogP contribution in [0.5, 0.6) is 0 Å². The number of likely N-dealkylation sites (tertiary alicyclic amines) is 1. The fourth-order valence-electron chi connectivity index (χ4n) is 4.45. The fraction of sp³-hybridized carbons (Fsp3) is 0.476. The van der Waals surface area contributed by atoms with E-state index in [1.165, 1.54) is 0 Å². The summed E-state index contributed by atoms with van der Waals surface area (Å²) in [6.45, 7) is 5.49. The van der Waals surface area contributed by atoms with Crippen LogP contribution >= 0.6 is 0 Å². The third-order valence-corrected chi connectivity index (χ3v) is 6.08. The second-order valence-electron chi connectivity index (χ2n) is 8.12. The summed E-state index contributed by atoms with van der Waals surface area (Å²) in [5, 5.41) is 7.17. The zero-order valence-electron chi connectivity index (χ0n) is 16.2. The van der Waals surface area contributed by atoms with Crippen LogP contribution in [0.2, 0.25) is 0 Å². The van der Waals surface area contributed by atoms with Crippen molar-refractivity contribution in [2.24, 2.45) is 18.4 Å². The molecule has 1 aromatic heterocycles. The van der Waals surface area contributed by atoms with E-state index in [0.29, 0.717) is 18.8 Å². The van der Waals surface area contributed by atoms with E-state index in [9.17, 15) is 9.59 Å². The largest absolute Gasteiger partial charge is 0.337 e. The van der Waals surface area contributed by atoms with E-state index in [4.69, 9.17) is 0 Å². The van der Waals surface area contributed by atoms with Gasteiger partial charge in [-0.05, 0) is 67.9 Å². The summed E-state index contributed by atoms with van der Waals surface area (Å²) in [5.41, 5.74) is 3.87. The Labute approximate surface area is 159 Å². The van der Waals surface area contributed by atoms with Crippen LogP contribution < -0.4 is 5.32 Å². The van der Waals surface area contributed by atoms with Crippen LogP contribution in [0.3, 0.4) is 0 Å². The number of carbonyl (C=O) groups excluding carboxylic acids is 2. The molecule has 1 atom stereocenters. The second kappa shape index (κ2) is 6.51. The number of aryl methyl sites for hydroxylation is 3. The van der Waals surface area contributed by atoms with Gasteiger partial charge in [-0.15, -0.1) is 0 Å². The summed E-state index contributed by atoms with van der Waals surface area (Å²) in [6.07, 6.45) is 4.35. The Kier molecular flexibility index (Phi) is 4.29.